The lowest BCUT2D eigenvalue weighted by Gasteiger charge is -2.43. The zero-order valence-corrected chi connectivity index (χ0v) is 22.5. The van der Waals surface area contributed by atoms with Gasteiger partial charge in [0.15, 0.2) is 5.82 Å². The second-order valence-corrected chi connectivity index (χ2v) is 11.7. The Morgan fingerprint density at radius 1 is 1.03 bits per heavy atom. The molecule has 2 aromatic carbocycles. The van der Waals surface area contributed by atoms with E-state index in [0.717, 1.165) is 57.9 Å². The molecule has 0 aliphatic carbocycles. The Balaban J connectivity index is 1.09. The molecule has 11 heteroatoms. The Hall–Kier alpha value is -3.43. The number of piperazine rings is 1. The van der Waals surface area contributed by atoms with Crippen molar-refractivity contribution < 1.29 is 14.0 Å². The highest BCUT2D eigenvalue weighted by Crippen LogP contribution is 2.28. The lowest BCUT2D eigenvalue weighted by molar-refractivity contribution is -0.0660. The largest absolute Gasteiger partial charge is 0.616 e. The fourth-order valence-corrected chi connectivity index (χ4v) is 6.34. The van der Waals surface area contributed by atoms with Gasteiger partial charge >= 0.3 is 0 Å². The first kappa shape index (κ1) is 25.8. The molecule has 0 radical (unpaired) electrons. The van der Waals surface area contributed by atoms with Gasteiger partial charge in [-0.25, -0.2) is 9.97 Å². The third-order valence-electron chi connectivity index (χ3n) is 7.50. The predicted octanol–water partition coefficient (Wildman–Crippen LogP) is 2.96. The topological polar surface area (TPSA) is 122 Å². The number of hydrogen-bond donors (Lipinski definition) is 1. The number of nitrogens with zero attached hydrogens (tertiary/aromatic N) is 6. The van der Waals surface area contributed by atoms with Crippen LogP contribution in [-0.4, -0.2) is 87.4 Å². The molecule has 0 spiro atoms. The number of hydrogen-bond acceptors (Lipinski definition) is 10. The van der Waals surface area contributed by atoms with Crippen molar-refractivity contribution in [3.63, 3.8) is 0 Å². The van der Waals surface area contributed by atoms with Crippen LogP contribution in [0.5, 0.6) is 5.75 Å². The Morgan fingerprint density at radius 3 is 2.49 bits per heavy atom. The molecule has 202 valence electrons. The Labute approximate surface area is 231 Å². The summed E-state index contributed by atoms with van der Waals surface area (Å²) in [6, 6.07) is 16.5. The van der Waals surface area contributed by atoms with Crippen LogP contribution in [0.2, 0.25) is 0 Å². The van der Waals surface area contributed by atoms with Crippen LogP contribution in [0.4, 0.5) is 17.3 Å². The first-order chi connectivity index (χ1) is 19.1. The molecule has 3 aliphatic heterocycles. The van der Waals surface area contributed by atoms with Crippen molar-refractivity contribution in [2.45, 2.75) is 25.0 Å². The van der Waals surface area contributed by atoms with E-state index in [4.69, 9.17) is 9.47 Å². The van der Waals surface area contributed by atoms with Crippen molar-refractivity contribution in [1.82, 2.24) is 19.9 Å². The summed E-state index contributed by atoms with van der Waals surface area (Å²) in [6.45, 7) is 5.87. The highest BCUT2D eigenvalue weighted by molar-refractivity contribution is 7.91. The number of benzene rings is 2. The Kier molecular flexibility index (Phi) is 7.78. The van der Waals surface area contributed by atoms with E-state index in [-0.39, 0.29) is 6.10 Å². The van der Waals surface area contributed by atoms with Gasteiger partial charge in [-0.15, -0.1) is 0 Å². The first-order valence-corrected chi connectivity index (χ1v) is 14.8. The minimum atomic E-state index is -0.756. The lowest BCUT2D eigenvalue weighted by Crippen LogP contribution is -2.56. The van der Waals surface area contributed by atoms with Crippen LogP contribution in [0.3, 0.4) is 0 Å². The molecule has 3 aliphatic rings. The van der Waals surface area contributed by atoms with E-state index in [1.54, 1.807) is 12.1 Å². The highest BCUT2D eigenvalue weighted by atomic mass is 32.2. The van der Waals surface area contributed by atoms with Gasteiger partial charge in [-0.1, -0.05) is 11.2 Å². The Morgan fingerprint density at radius 2 is 1.79 bits per heavy atom. The van der Waals surface area contributed by atoms with Gasteiger partial charge in [0.25, 0.3) is 0 Å². The number of aromatic nitrogens is 3. The normalized spacial score (nSPS) is 22.1. The molecular weight excluding hydrogens is 514 g/mol. The molecular formula is C28H31N7O3S. The van der Waals surface area contributed by atoms with Crippen LogP contribution < -0.4 is 15.0 Å². The summed E-state index contributed by atoms with van der Waals surface area (Å²) in [5, 5.41) is 13.0. The van der Waals surface area contributed by atoms with Gasteiger partial charge in [-0.3, -0.25) is 4.90 Å². The summed E-state index contributed by atoms with van der Waals surface area (Å²) in [4.78, 5) is 18.1. The zero-order chi connectivity index (χ0) is 26.6. The molecule has 6 rings (SSSR count). The highest BCUT2D eigenvalue weighted by Gasteiger charge is 2.29. The summed E-state index contributed by atoms with van der Waals surface area (Å²) in [7, 11) is 0. The van der Waals surface area contributed by atoms with E-state index in [9.17, 15) is 9.81 Å². The van der Waals surface area contributed by atoms with Gasteiger partial charge in [0.2, 0.25) is 5.95 Å². The third kappa shape index (κ3) is 6.09. The van der Waals surface area contributed by atoms with E-state index in [2.05, 4.69) is 48.3 Å². The van der Waals surface area contributed by atoms with E-state index in [1.165, 1.54) is 12.0 Å². The standard InChI is InChI=1S/C28H31N7O3S/c29-16-21-15-20(1-6-26(21)38-25-7-13-39(36)14-8-25)27-30-19-31-28(33-27)32-22-2-4-23(5-3-22)34-9-11-35(12-10-34)24-17-37-18-24/h1-6,15,19,24-25H,7-14,17-18H2,(H,30,31,32,33)/t25-,39+. The number of anilines is 3. The number of nitrogens with one attached hydrogen (secondary N) is 1. The average Bonchev–Trinajstić information content (AvgIpc) is 2.95. The third-order valence-corrected chi connectivity index (χ3v) is 8.88. The molecule has 1 N–H and O–H groups in total. The van der Waals surface area contributed by atoms with Gasteiger partial charge in [-0.2, -0.15) is 10.2 Å². The van der Waals surface area contributed by atoms with Gasteiger partial charge in [-0.05, 0) is 42.5 Å². The van der Waals surface area contributed by atoms with E-state index in [1.807, 2.05) is 18.2 Å². The zero-order valence-electron chi connectivity index (χ0n) is 21.7. The maximum atomic E-state index is 11.6. The molecule has 0 saturated carbocycles. The van der Waals surface area contributed by atoms with Crippen LogP contribution in [0.1, 0.15) is 18.4 Å². The van der Waals surface area contributed by atoms with Gasteiger partial charge in [0, 0.05) is 56.0 Å². The van der Waals surface area contributed by atoms with Crippen molar-refractivity contribution in [1.29, 1.82) is 5.26 Å². The second kappa shape index (κ2) is 11.8. The summed E-state index contributed by atoms with van der Waals surface area (Å²) >= 11 is -0.756. The molecule has 3 fully saturated rings. The fraction of sp³-hybridized carbons (Fsp3) is 0.429. The molecule has 0 atom stereocenters. The summed E-state index contributed by atoms with van der Waals surface area (Å²) in [5.74, 6) is 2.71. The van der Waals surface area contributed by atoms with E-state index >= 15 is 0 Å². The first-order valence-electron chi connectivity index (χ1n) is 13.3. The van der Waals surface area contributed by atoms with Gasteiger partial charge in [0.1, 0.15) is 35.8 Å². The molecule has 10 nitrogen and oxygen atoms in total. The SMILES string of the molecule is N#Cc1cc(-c2ncnc(Nc3ccc(N4CCN(C5COC5)CC4)cc3)n2)ccc1O[C@H]1CC[S@@+]([O-])CC1. The molecule has 0 amide bonds. The van der Waals surface area contributed by atoms with Crippen LogP contribution in [-0.2, 0) is 15.9 Å². The van der Waals surface area contributed by atoms with Crippen molar-refractivity contribution in [2.24, 2.45) is 0 Å². The molecule has 0 bridgehead atoms. The van der Waals surface area contributed by atoms with Crippen molar-refractivity contribution in [2.75, 3.05) is 61.1 Å². The van der Waals surface area contributed by atoms with Crippen molar-refractivity contribution in [3.05, 3.63) is 54.4 Å². The quantitative estimate of drug-likeness (QED) is 0.443. The fourth-order valence-electron chi connectivity index (χ4n) is 5.09. The molecule has 0 unspecified atom stereocenters. The predicted molar refractivity (Wildman–Crippen MR) is 150 cm³/mol. The van der Waals surface area contributed by atoms with Crippen LogP contribution in [0.25, 0.3) is 11.4 Å². The maximum Gasteiger partial charge on any atom is 0.230 e. The smallest absolute Gasteiger partial charge is 0.230 e. The lowest BCUT2D eigenvalue weighted by atomic mass is 10.1. The van der Waals surface area contributed by atoms with Gasteiger partial charge < -0.3 is 24.2 Å². The number of nitriles is 1. The average molecular weight is 546 g/mol. The number of ether oxygens (including phenoxy) is 2. The van der Waals surface area contributed by atoms with E-state index < -0.39 is 11.2 Å². The van der Waals surface area contributed by atoms with Crippen molar-refractivity contribution >= 4 is 28.5 Å². The van der Waals surface area contributed by atoms with Crippen LogP contribution in [0, 0.1) is 11.3 Å². The molecule has 39 heavy (non-hydrogen) atoms. The number of rotatable bonds is 7. The molecule has 1 aromatic heterocycles. The van der Waals surface area contributed by atoms with Gasteiger partial charge in [0.05, 0.1) is 24.8 Å². The molecule has 3 aromatic rings. The van der Waals surface area contributed by atoms with Crippen LogP contribution >= 0.6 is 0 Å². The summed E-state index contributed by atoms with van der Waals surface area (Å²) in [5.41, 5.74) is 3.22. The minimum absolute atomic E-state index is 0.0212. The van der Waals surface area contributed by atoms with E-state index in [0.29, 0.717) is 46.2 Å². The van der Waals surface area contributed by atoms with Crippen molar-refractivity contribution in [3.8, 4) is 23.2 Å². The maximum absolute atomic E-state index is 11.6. The molecule has 4 heterocycles. The summed E-state index contributed by atoms with van der Waals surface area (Å²) < 4.78 is 23.0. The molecule has 3 saturated heterocycles. The Bertz CT molecular complexity index is 1320. The second-order valence-electron chi connectivity index (χ2n) is 10.0. The van der Waals surface area contributed by atoms with Crippen LogP contribution in [0.15, 0.2) is 48.8 Å². The summed E-state index contributed by atoms with van der Waals surface area (Å²) in [6.07, 6.45) is 2.90. The monoisotopic (exact) mass is 545 g/mol. The minimum Gasteiger partial charge on any atom is -0.616 e.